The van der Waals surface area contributed by atoms with E-state index in [2.05, 4.69) is 14.6 Å². The number of nitrogens with zero attached hydrogens (tertiary/aromatic N) is 2. The van der Waals surface area contributed by atoms with Gasteiger partial charge in [-0.05, 0) is 0 Å². The average Bonchev–Trinajstić information content (AvgIpc) is 2.10. The van der Waals surface area contributed by atoms with Crippen LogP contribution in [0.4, 0.5) is 13.2 Å². The van der Waals surface area contributed by atoms with Gasteiger partial charge in [0, 0.05) is 18.7 Å². The molecule has 0 atom stereocenters. The van der Waals surface area contributed by atoms with Crippen molar-refractivity contribution < 1.29 is 17.6 Å². The quantitative estimate of drug-likeness (QED) is 0.625. The first kappa shape index (κ1) is 8.38. The summed E-state index contributed by atoms with van der Waals surface area (Å²) < 4.78 is 39.2. The van der Waals surface area contributed by atoms with E-state index in [0.717, 1.165) is 0 Å². The van der Waals surface area contributed by atoms with E-state index in [1.165, 1.54) is 6.92 Å². The molecule has 0 fully saturated rings. The van der Waals surface area contributed by atoms with Gasteiger partial charge in [-0.25, -0.2) is 0 Å². The van der Waals surface area contributed by atoms with Crippen LogP contribution in [0.1, 0.15) is 5.89 Å². The third-order valence-corrected chi connectivity index (χ3v) is 1.28. The van der Waals surface area contributed by atoms with E-state index >= 15 is 0 Å². The van der Waals surface area contributed by atoms with E-state index in [0.29, 0.717) is 0 Å². The van der Waals surface area contributed by atoms with Crippen molar-refractivity contribution in [3.63, 3.8) is 0 Å². The van der Waals surface area contributed by atoms with Crippen LogP contribution in [-0.2, 0) is 0 Å². The number of thioether (sulfide) groups is 1. The van der Waals surface area contributed by atoms with Crippen molar-refractivity contribution in [1.29, 1.82) is 0 Å². The fourth-order valence-electron chi connectivity index (χ4n) is 0.419. The summed E-state index contributed by atoms with van der Waals surface area (Å²) in [5, 5.41) is 5.91. The average molecular weight is 184 g/mol. The van der Waals surface area contributed by atoms with Crippen molar-refractivity contribution in [3.05, 3.63) is 5.89 Å². The minimum Gasteiger partial charge on any atom is -0.416 e. The summed E-state index contributed by atoms with van der Waals surface area (Å²) in [6.07, 6.45) is 0. The van der Waals surface area contributed by atoms with Crippen LogP contribution in [0.3, 0.4) is 0 Å². The van der Waals surface area contributed by atoms with Crippen molar-refractivity contribution in [1.82, 2.24) is 10.2 Å². The van der Waals surface area contributed by atoms with Crippen LogP contribution in [0, 0.1) is 6.92 Å². The highest BCUT2D eigenvalue weighted by atomic mass is 32.2. The van der Waals surface area contributed by atoms with Gasteiger partial charge in [0.25, 0.3) is 5.22 Å². The molecule has 0 saturated heterocycles. The first-order valence-electron chi connectivity index (χ1n) is 2.53. The molecular formula is C4H3F3N2OS. The Hall–Kier alpha value is -0.720. The lowest BCUT2D eigenvalue weighted by atomic mass is 10.8. The number of hydrogen-bond acceptors (Lipinski definition) is 4. The maximum Gasteiger partial charge on any atom is 0.450 e. The van der Waals surface area contributed by atoms with Crippen LogP contribution in [0.25, 0.3) is 0 Å². The molecule has 7 heteroatoms. The van der Waals surface area contributed by atoms with Crippen LogP contribution in [0.5, 0.6) is 0 Å². The van der Waals surface area contributed by atoms with E-state index < -0.39 is 22.5 Å². The monoisotopic (exact) mass is 184 g/mol. The van der Waals surface area contributed by atoms with Crippen LogP contribution < -0.4 is 0 Å². The zero-order chi connectivity index (χ0) is 8.48. The lowest BCUT2D eigenvalue weighted by Gasteiger charge is -1.98. The smallest absolute Gasteiger partial charge is 0.416 e. The second-order valence-corrected chi connectivity index (χ2v) is 2.65. The van der Waals surface area contributed by atoms with Gasteiger partial charge in [0.1, 0.15) is 0 Å². The molecule has 0 N–H and O–H groups in total. The number of halogens is 3. The number of rotatable bonds is 1. The summed E-state index contributed by atoms with van der Waals surface area (Å²) in [6.45, 7) is 1.42. The van der Waals surface area contributed by atoms with Crippen LogP contribution in [-0.4, -0.2) is 15.7 Å². The van der Waals surface area contributed by atoms with Crippen molar-refractivity contribution in [2.45, 2.75) is 17.7 Å². The Morgan fingerprint density at radius 1 is 1.36 bits per heavy atom. The molecule has 3 nitrogen and oxygen atoms in total. The maximum atomic E-state index is 11.6. The van der Waals surface area contributed by atoms with E-state index in [1.807, 2.05) is 0 Å². The normalized spacial score (nSPS) is 12.0. The Bertz CT molecular complexity index is 246. The molecule has 1 aromatic heterocycles. The minimum absolute atomic E-state index is 0.122. The highest BCUT2D eigenvalue weighted by Crippen LogP contribution is 2.35. The molecule has 1 aromatic rings. The molecule has 1 rings (SSSR count). The van der Waals surface area contributed by atoms with Gasteiger partial charge in [-0.15, -0.1) is 10.2 Å². The van der Waals surface area contributed by atoms with Gasteiger partial charge >= 0.3 is 5.51 Å². The lowest BCUT2D eigenvalue weighted by molar-refractivity contribution is -0.0337. The summed E-state index contributed by atoms with van der Waals surface area (Å²) in [6, 6.07) is 0. The molecule has 1 heterocycles. The molecule has 0 aromatic carbocycles. The molecule has 62 valence electrons. The topological polar surface area (TPSA) is 38.9 Å². The van der Waals surface area contributed by atoms with Gasteiger partial charge in [0.2, 0.25) is 5.89 Å². The molecule has 0 aliphatic rings. The Labute approximate surface area is 64.0 Å². The summed E-state index contributed by atoms with van der Waals surface area (Å²) in [5.74, 6) is 0.122. The van der Waals surface area contributed by atoms with Crippen molar-refractivity contribution >= 4 is 11.8 Å². The molecule has 0 spiro atoms. The van der Waals surface area contributed by atoms with Gasteiger partial charge < -0.3 is 4.42 Å². The van der Waals surface area contributed by atoms with Gasteiger partial charge in [-0.2, -0.15) is 13.2 Å². The molecule has 0 bridgehead atoms. The molecule has 0 radical (unpaired) electrons. The molecule has 0 unspecified atom stereocenters. The highest BCUT2D eigenvalue weighted by Gasteiger charge is 2.32. The van der Waals surface area contributed by atoms with E-state index in [4.69, 9.17) is 0 Å². The molecule has 11 heavy (non-hydrogen) atoms. The maximum absolute atomic E-state index is 11.6. The Balaban J connectivity index is 2.65. The van der Waals surface area contributed by atoms with Crippen LogP contribution >= 0.6 is 11.8 Å². The predicted octanol–water partition coefficient (Wildman–Crippen LogP) is 1.99. The first-order chi connectivity index (χ1) is 4.97. The van der Waals surface area contributed by atoms with Gasteiger partial charge in [-0.1, -0.05) is 0 Å². The molecule has 0 aliphatic heterocycles. The molecule has 0 aliphatic carbocycles. The molecular weight excluding hydrogens is 181 g/mol. The third kappa shape index (κ3) is 2.79. The second-order valence-electron chi connectivity index (χ2n) is 1.63. The molecule has 0 saturated carbocycles. The minimum atomic E-state index is -4.36. The fourth-order valence-corrected chi connectivity index (χ4v) is 0.861. The summed E-state index contributed by atoms with van der Waals surface area (Å²) >= 11 is -0.419. The predicted molar refractivity (Wildman–Crippen MR) is 30.9 cm³/mol. The summed E-state index contributed by atoms with van der Waals surface area (Å²) in [4.78, 5) is 0. The van der Waals surface area contributed by atoms with E-state index in [-0.39, 0.29) is 5.89 Å². The number of hydrogen-bond donors (Lipinski definition) is 0. The highest BCUT2D eigenvalue weighted by molar-refractivity contribution is 7.99. The van der Waals surface area contributed by atoms with E-state index in [1.54, 1.807) is 0 Å². The Morgan fingerprint density at radius 3 is 2.36 bits per heavy atom. The molecule has 0 amide bonds. The number of aryl methyl sites for hydroxylation is 1. The van der Waals surface area contributed by atoms with Crippen molar-refractivity contribution in [2.24, 2.45) is 0 Å². The number of alkyl halides is 3. The van der Waals surface area contributed by atoms with Crippen LogP contribution in [0.2, 0.25) is 0 Å². The van der Waals surface area contributed by atoms with Gasteiger partial charge in [0.05, 0.1) is 0 Å². The Kier molecular flexibility index (Phi) is 2.08. The van der Waals surface area contributed by atoms with Crippen LogP contribution in [0.15, 0.2) is 9.64 Å². The summed E-state index contributed by atoms with van der Waals surface area (Å²) in [7, 11) is 0. The third-order valence-electron chi connectivity index (χ3n) is 0.711. The van der Waals surface area contributed by atoms with Crippen molar-refractivity contribution in [2.75, 3.05) is 0 Å². The Morgan fingerprint density at radius 2 is 2.00 bits per heavy atom. The second kappa shape index (κ2) is 2.72. The largest absolute Gasteiger partial charge is 0.450 e. The van der Waals surface area contributed by atoms with Gasteiger partial charge in [0.15, 0.2) is 0 Å². The van der Waals surface area contributed by atoms with E-state index in [9.17, 15) is 13.2 Å². The number of aromatic nitrogens is 2. The fraction of sp³-hybridized carbons (Fsp3) is 0.500. The SMILES string of the molecule is Cc1nnc(SC(F)(F)F)o1. The van der Waals surface area contributed by atoms with Gasteiger partial charge in [-0.3, -0.25) is 0 Å². The standard InChI is InChI=1S/C4H3F3N2OS/c1-2-8-9-3(10-2)11-4(5,6)7/h1H3. The van der Waals surface area contributed by atoms with Crippen molar-refractivity contribution in [3.8, 4) is 0 Å². The first-order valence-corrected chi connectivity index (χ1v) is 3.35. The summed E-state index contributed by atoms with van der Waals surface area (Å²) in [5.41, 5.74) is -4.36. The zero-order valence-electron chi connectivity index (χ0n) is 5.34. The lowest BCUT2D eigenvalue weighted by Crippen LogP contribution is -1.98. The zero-order valence-corrected chi connectivity index (χ0v) is 6.16.